The lowest BCUT2D eigenvalue weighted by atomic mass is 10.1. The lowest BCUT2D eigenvalue weighted by molar-refractivity contribution is -0.141. The van der Waals surface area contributed by atoms with Crippen LogP contribution in [0.4, 0.5) is 13.2 Å². The van der Waals surface area contributed by atoms with Crippen LogP contribution in [0.25, 0.3) is 5.69 Å². The van der Waals surface area contributed by atoms with Crippen LogP contribution in [0.3, 0.4) is 0 Å². The molecule has 0 bridgehead atoms. The highest BCUT2D eigenvalue weighted by Crippen LogP contribution is 2.28. The molecule has 2 N–H and O–H groups in total. The van der Waals surface area contributed by atoms with E-state index in [1.807, 2.05) is 0 Å². The molecule has 0 fully saturated rings. The highest BCUT2D eigenvalue weighted by molar-refractivity contribution is 5.99. The van der Waals surface area contributed by atoms with Crippen molar-refractivity contribution < 1.29 is 22.8 Å². The molecule has 0 spiro atoms. The largest absolute Gasteiger partial charge is 0.433 e. The molecule has 1 aromatic carbocycles. The second-order valence-electron chi connectivity index (χ2n) is 5.54. The molecule has 0 aliphatic heterocycles. The van der Waals surface area contributed by atoms with Gasteiger partial charge in [-0.25, -0.2) is 9.67 Å². The molecule has 0 atom stereocenters. The SMILES string of the molecule is Cc1nc(C(F)(F)F)ccc1C(=O)NNC(=O)c1ccc(-n2cnnn2)cc1. The zero-order valence-electron chi connectivity index (χ0n) is 14.2. The molecule has 2 heterocycles. The maximum atomic E-state index is 12.6. The molecule has 0 aliphatic carbocycles. The van der Waals surface area contributed by atoms with E-state index in [2.05, 4.69) is 31.4 Å². The molecule has 12 heteroatoms. The lowest BCUT2D eigenvalue weighted by Crippen LogP contribution is -2.42. The predicted octanol–water partition coefficient (Wildman–Crippen LogP) is 1.46. The average molecular weight is 391 g/mol. The van der Waals surface area contributed by atoms with E-state index in [0.717, 1.165) is 6.07 Å². The van der Waals surface area contributed by atoms with Gasteiger partial charge in [-0.3, -0.25) is 20.4 Å². The Hall–Kier alpha value is -3.83. The number of tetrazole rings is 1. The Kier molecular flexibility index (Phi) is 5.02. The van der Waals surface area contributed by atoms with Gasteiger partial charge in [0.1, 0.15) is 12.0 Å². The van der Waals surface area contributed by atoms with E-state index >= 15 is 0 Å². The van der Waals surface area contributed by atoms with Crippen molar-refractivity contribution in [3.05, 3.63) is 65.2 Å². The summed E-state index contributed by atoms with van der Waals surface area (Å²) in [6.45, 7) is 1.27. The molecule has 2 aromatic heterocycles. The number of rotatable bonds is 3. The number of aromatic nitrogens is 5. The predicted molar refractivity (Wildman–Crippen MR) is 88.1 cm³/mol. The molecule has 0 saturated carbocycles. The molecule has 9 nitrogen and oxygen atoms in total. The molecule has 144 valence electrons. The molecule has 3 rings (SSSR count). The lowest BCUT2D eigenvalue weighted by Gasteiger charge is -2.11. The van der Waals surface area contributed by atoms with E-state index < -0.39 is 23.7 Å². The van der Waals surface area contributed by atoms with E-state index in [0.29, 0.717) is 11.8 Å². The van der Waals surface area contributed by atoms with Crippen molar-refractivity contribution in [2.45, 2.75) is 13.1 Å². The zero-order chi connectivity index (χ0) is 20.3. The number of carbonyl (C=O) groups is 2. The number of halogens is 3. The number of aryl methyl sites for hydroxylation is 1. The maximum Gasteiger partial charge on any atom is 0.433 e. The molecule has 0 radical (unpaired) electrons. The number of hydrogen-bond acceptors (Lipinski definition) is 6. The zero-order valence-corrected chi connectivity index (χ0v) is 14.2. The standard InChI is InChI=1S/C16H12F3N7O2/c1-9-12(6-7-13(21-9)16(17,18)19)15(28)23-22-14(27)10-2-4-11(5-3-10)26-8-20-24-25-26/h2-8H,1H3,(H,22,27)(H,23,28). The minimum Gasteiger partial charge on any atom is -0.267 e. The topological polar surface area (TPSA) is 115 Å². The first-order valence-electron chi connectivity index (χ1n) is 7.74. The summed E-state index contributed by atoms with van der Waals surface area (Å²) in [5.41, 5.74) is 3.87. The van der Waals surface area contributed by atoms with E-state index in [1.165, 1.54) is 30.1 Å². The summed E-state index contributed by atoms with van der Waals surface area (Å²) >= 11 is 0. The number of hydrogen-bond donors (Lipinski definition) is 2. The second-order valence-corrected chi connectivity index (χ2v) is 5.54. The smallest absolute Gasteiger partial charge is 0.267 e. The van der Waals surface area contributed by atoms with Crippen molar-refractivity contribution in [3.63, 3.8) is 0 Å². The van der Waals surface area contributed by atoms with Crippen LogP contribution in [-0.4, -0.2) is 37.0 Å². The minimum atomic E-state index is -4.61. The van der Waals surface area contributed by atoms with E-state index in [1.54, 1.807) is 12.1 Å². The van der Waals surface area contributed by atoms with Crippen LogP contribution in [-0.2, 0) is 6.18 Å². The first-order valence-corrected chi connectivity index (χ1v) is 7.74. The fourth-order valence-electron chi connectivity index (χ4n) is 2.26. The Morgan fingerprint density at radius 2 is 1.68 bits per heavy atom. The van der Waals surface area contributed by atoms with Gasteiger partial charge in [-0.2, -0.15) is 13.2 Å². The number of hydrazine groups is 1. The first kappa shape index (κ1) is 18.9. The Balaban J connectivity index is 1.63. The monoisotopic (exact) mass is 391 g/mol. The van der Waals surface area contributed by atoms with Crippen LogP contribution >= 0.6 is 0 Å². The van der Waals surface area contributed by atoms with Gasteiger partial charge in [-0.15, -0.1) is 5.10 Å². The third-order valence-corrected chi connectivity index (χ3v) is 3.65. The van der Waals surface area contributed by atoms with Gasteiger partial charge in [0.2, 0.25) is 0 Å². The molecular weight excluding hydrogens is 379 g/mol. The highest BCUT2D eigenvalue weighted by Gasteiger charge is 2.33. The quantitative estimate of drug-likeness (QED) is 0.654. The summed E-state index contributed by atoms with van der Waals surface area (Å²) in [5, 5.41) is 10.7. The second kappa shape index (κ2) is 7.42. The number of benzene rings is 1. The Bertz CT molecular complexity index is 1000. The van der Waals surface area contributed by atoms with Crippen molar-refractivity contribution in [2.75, 3.05) is 0 Å². The van der Waals surface area contributed by atoms with E-state index in [-0.39, 0.29) is 16.8 Å². The number of pyridine rings is 1. The summed E-state index contributed by atoms with van der Waals surface area (Å²) in [5.74, 6) is -1.41. The van der Waals surface area contributed by atoms with Gasteiger partial charge in [-0.1, -0.05) is 0 Å². The van der Waals surface area contributed by atoms with Gasteiger partial charge >= 0.3 is 6.18 Å². The van der Waals surface area contributed by atoms with Gasteiger partial charge in [0.15, 0.2) is 0 Å². The normalized spacial score (nSPS) is 11.1. The van der Waals surface area contributed by atoms with Gasteiger partial charge in [0, 0.05) is 5.56 Å². The molecular formula is C16H12F3N7O2. The van der Waals surface area contributed by atoms with Crippen molar-refractivity contribution in [3.8, 4) is 5.69 Å². The number of alkyl halides is 3. The van der Waals surface area contributed by atoms with E-state index in [9.17, 15) is 22.8 Å². The van der Waals surface area contributed by atoms with Gasteiger partial charge in [0.25, 0.3) is 11.8 Å². The third-order valence-electron chi connectivity index (χ3n) is 3.65. The molecule has 0 saturated heterocycles. The van der Waals surface area contributed by atoms with Crippen molar-refractivity contribution >= 4 is 11.8 Å². The number of amides is 2. The van der Waals surface area contributed by atoms with Crippen LogP contribution in [0.2, 0.25) is 0 Å². The average Bonchev–Trinajstić information content (AvgIpc) is 3.20. The summed E-state index contributed by atoms with van der Waals surface area (Å²) in [7, 11) is 0. The number of carbonyl (C=O) groups excluding carboxylic acids is 2. The Labute approximate surface area is 155 Å². The van der Waals surface area contributed by atoms with Gasteiger partial charge in [-0.05, 0) is 53.7 Å². The molecule has 2 amide bonds. The third kappa shape index (κ3) is 4.11. The summed E-state index contributed by atoms with van der Waals surface area (Å²) in [6, 6.07) is 7.86. The van der Waals surface area contributed by atoms with Crippen LogP contribution in [0, 0.1) is 6.92 Å². The van der Waals surface area contributed by atoms with Crippen LogP contribution in [0.5, 0.6) is 0 Å². The number of nitrogens with zero attached hydrogens (tertiary/aromatic N) is 5. The Morgan fingerprint density at radius 1 is 1.00 bits per heavy atom. The number of nitrogens with one attached hydrogen (secondary N) is 2. The summed E-state index contributed by atoms with van der Waals surface area (Å²) in [4.78, 5) is 27.6. The fraction of sp³-hybridized carbons (Fsp3) is 0.125. The summed E-state index contributed by atoms with van der Waals surface area (Å²) in [6.07, 6.45) is -3.22. The van der Waals surface area contributed by atoms with Crippen LogP contribution in [0.1, 0.15) is 32.1 Å². The van der Waals surface area contributed by atoms with Crippen molar-refractivity contribution in [2.24, 2.45) is 0 Å². The first-order chi connectivity index (χ1) is 13.3. The molecule has 0 unspecified atom stereocenters. The van der Waals surface area contributed by atoms with Crippen molar-refractivity contribution in [1.82, 2.24) is 36.0 Å². The molecule has 28 heavy (non-hydrogen) atoms. The molecule has 3 aromatic rings. The highest BCUT2D eigenvalue weighted by atomic mass is 19.4. The fourth-order valence-corrected chi connectivity index (χ4v) is 2.26. The minimum absolute atomic E-state index is 0.0951. The van der Waals surface area contributed by atoms with Crippen LogP contribution in [0.15, 0.2) is 42.7 Å². The van der Waals surface area contributed by atoms with Gasteiger partial charge in [0.05, 0.1) is 16.9 Å². The van der Waals surface area contributed by atoms with Crippen molar-refractivity contribution in [1.29, 1.82) is 0 Å². The summed E-state index contributed by atoms with van der Waals surface area (Å²) < 4.78 is 39.3. The Morgan fingerprint density at radius 3 is 2.25 bits per heavy atom. The molecule has 0 aliphatic rings. The van der Waals surface area contributed by atoms with Crippen LogP contribution < -0.4 is 10.9 Å². The van der Waals surface area contributed by atoms with Gasteiger partial charge < -0.3 is 0 Å². The van der Waals surface area contributed by atoms with E-state index in [4.69, 9.17) is 0 Å². The maximum absolute atomic E-state index is 12.6.